The van der Waals surface area contributed by atoms with Crippen LogP contribution in [-0.2, 0) is 18.4 Å². The number of carboxylic acid groups (broad SMARTS) is 1. The number of nitrogens with zero attached hydrogens (tertiary/aromatic N) is 2. The Kier molecular flexibility index (Phi) is 4.41. The number of rotatable bonds is 5. The zero-order chi connectivity index (χ0) is 15.4. The lowest BCUT2D eigenvalue weighted by molar-refractivity contribution is -0.139. The van der Waals surface area contributed by atoms with E-state index >= 15 is 0 Å². The highest BCUT2D eigenvalue weighted by atomic mass is 16.4. The molecule has 1 aromatic carbocycles. The number of carbonyl (C=O) groups is 1. The molecule has 0 radical (unpaired) electrons. The Morgan fingerprint density at radius 3 is 2.62 bits per heavy atom. The molecule has 1 heterocycles. The summed E-state index contributed by atoms with van der Waals surface area (Å²) in [6, 6.07) is 12.2. The van der Waals surface area contributed by atoms with Crippen LogP contribution in [0.15, 0.2) is 36.4 Å². The first-order valence-corrected chi connectivity index (χ1v) is 6.61. The zero-order valence-electron chi connectivity index (χ0n) is 12.0. The highest BCUT2D eigenvalue weighted by Crippen LogP contribution is 2.17. The maximum atomic E-state index is 11.4. The molecule has 0 aliphatic carbocycles. The number of aliphatic carboxylic acids is 1. The predicted octanol–water partition coefficient (Wildman–Crippen LogP) is 2.12. The highest BCUT2D eigenvalue weighted by Gasteiger charge is 2.19. The molecule has 0 saturated carbocycles. The van der Waals surface area contributed by atoms with E-state index in [0.717, 1.165) is 11.3 Å². The van der Waals surface area contributed by atoms with Gasteiger partial charge in [-0.1, -0.05) is 30.3 Å². The molecule has 1 atom stereocenters. The minimum absolute atomic E-state index is 0.396. The van der Waals surface area contributed by atoms with Gasteiger partial charge in [0.05, 0.1) is 0 Å². The van der Waals surface area contributed by atoms with Crippen LogP contribution in [0.25, 0.3) is 0 Å². The Labute approximate surface area is 123 Å². The summed E-state index contributed by atoms with van der Waals surface area (Å²) in [5.74, 6) is -0.921. The van der Waals surface area contributed by atoms with Gasteiger partial charge in [-0.25, -0.2) is 0 Å². The molecular weight excluding hydrogens is 266 g/mol. The van der Waals surface area contributed by atoms with Crippen molar-refractivity contribution in [3.8, 4) is 6.07 Å². The number of hydrogen-bond acceptors (Lipinski definition) is 3. The van der Waals surface area contributed by atoms with Crippen LogP contribution in [0.3, 0.4) is 0 Å². The van der Waals surface area contributed by atoms with Crippen molar-refractivity contribution in [3.63, 3.8) is 0 Å². The molecule has 0 saturated heterocycles. The topological polar surface area (TPSA) is 78.1 Å². The minimum atomic E-state index is -0.921. The summed E-state index contributed by atoms with van der Waals surface area (Å²) in [5.41, 5.74) is 3.16. The Morgan fingerprint density at radius 2 is 2.10 bits per heavy atom. The van der Waals surface area contributed by atoms with Crippen molar-refractivity contribution in [1.29, 1.82) is 5.26 Å². The predicted molar refractivity (Wildman–Crippen MR) is 78.5 cm³/mol. The molecule has 0 amide bonds. The van der Waals surface area contributed by atoms with Gasteiger partial charge in [0.2, 0.25) is 0 Å². The van der Waals surface area contributed by atoms with Gasteiger partial charge in [0.25, 0.3) is 0 Å². The lowest BCUT2D eigenvalue weighted by Crippen LogP contribution is -2.28. The van der Waals surface area contributed by atoms with Crippen LogP contribution in [0.2, 0.25) is 0 Å². The fraction of sp³-hybridized carbons (Fsp3) is 0.250. The van der Waals surface area contributed by atoms with Gasteiger partial charge in [-0.2, -0.15) is 5.26 Å². The molecule has 0 spiro atoms. The average Bonchev–Trinajstić information content (AvgIpc) is 2.76. The molecule has 2 aromatic rings. The molecule has 2 N–H and O–H groups in total. The fourth-order valence-corrected chi connectivity index (χ4v) is 2.25. The SMILES string of the molecule is Cc1c(CNC(C(=O)O)c2ccccc2)cc(C#N)n1C. The zero-order valence-corrected chi connectivity index (χ0v) is 12.0. The summed E-state index contributed by atoms with van der Waals surface area (Å²) in [4.78, 5) is 11.4. The van der Waals surface area contributed by atoms with Crippen molar-refractivity contribution in [3.05, 3.63) is 58.9 Å². The van der Waals surface area contributed by atoms with E-state index in [4.69, 9.17) is 5.26 Å². The second-order valence-corrected chi connectivity index (χ2v) is 4.87. The maximum Gasteiger partial charge on any atom is 0.325 e. The van der Waals surface area contributed by atoms with Crippen molar-refractivity contribution in [2.45, 2.75) is 19.5 Å². The van der Waals surface area contributed by atoms with Crippen LogP contribution >= 0.6 is 0 Å². The average molecular weight is 283 g/mol. The summed E-state index contributed by atoms with van der Waals surface area (Å²) in [6.45, 7) is 2.31. The summed E-state index contributed by atoms with van der Waals surface area (Å²) in [7, 11) is 1.82. The van der Waals surface area contributed by atoms with E-state index < -0.39 is 12.0 Å². The van der Waals surface area contributed by atoms with E-state index in [1.165, 1.54) is 0 Å². The second-order valence-electron chi connectivity index (χ2n) is 4.87. The highest BCUT2D eigenvalue weighted by molar-refractivity contribution is 5.75. The summed E-state index contributed by atoms with van der Waals surface area (Å²) >= 11 is 0. The molecule has 108 valence electrons. The molecular formula is C16H17N3O2. The second kappa shape index (κ2) is 6.25. The standard InChI is InChI=1S/C16H17N3O2/c1-11-13(8-14(9-17)19(11)2)10-18-15(16(20)21)12-6-4-3-5-7-12/h3-8,15,18H,10H2,1-2H3,(H,20,21). The Morgan fingerprint density at radius 1 is 1.43 bits per heavy atom. The van der Waals surface area contributed by atoms with E-state index in [-0.39, 0.29) is 0 Å². The first-order valence-electron chi connectivity index (χ1n) is 6.61. The third-order valence-corrected chi connectivity index (χ3v) is 3.63. The third-order valence-electron chi connectivity index (χ3n) is 3.63. The van der Waals surface area contributed by atoms with Crippen molar-refractivity contribution in [2.24, 2.45) is 7.05 Å². The Hall–Kier alpha value is -2.58. The number of hydrogen-bond donors (Lipinski definition) is 2. The van der Waals surface area contributed by atoms with E-state index in [1.54, 1.807) is 22.8 Å². The van der Waals surface area contributed by atoms with Crippen LogP contribution in [-0.4, -0.2) is 15.6 Å². The lowest BCUT2D eigenvalue weighted by Gasteiger charge is -2.14. The Balaban J connectivity index is 2.17. The number of nitrogens with one attached hydrogen (secondary N) is 1. The van der Waals surface area contributed by atoms with Crippen LogP contribution in [0.4, 0.5) is 0 Å². The third kappa shape index (κ3) is 3.12. The first kappa shape index (κ1) is 14.8. The molecule has 2 rings (SSSR count). The van der Waals surface area contributed by atoms with Crippen molar-refractivity contribution in [2.75, 3.05) is 0 Å². The van der Waals surface area contributed by atoms with Gasteiger partial charge < -0.3 is 9.67 Å². The van der Waals surface area contributed by atoms with Gasteiger partial charge in [-0.05, 0) is 24.1 Å². The summed E-state index contributed by atoms with van der Waals surface area (Å²) < 4.78 is 1.80. The quantitative estimate of drug-likeness (QED) is 0.881. The fourth-order valence-electron chi connectivity index (χ4n) is 2.25. The summed E-state index contributed by atoms with van der Waals surface area (Å²) in [6.07, 6.45) is 0. The molecule has 1 aromatic heterocycles. The van der Waals surface area contributed by atoms with E-state index in [1.807, 2.05) is 32.2 Å². The number of nitriles is 1. The van der Waals surface area contributed by atoms with Crippen molar-refractivity contribution < 1.29 is 9.90 Å². The van der Waals surface area contributed by atoms with Gasteiger partial charge >= 0.3 is 5.97 Å². The minimum Gasteiger partial charge on any atom is -0.480 e. The maximum absolute atomic E-state index is 11.4. The summed E-state index contributed by atoms with van der Waals surface area (Å²) in [5, 5.41) is 21.4. The molecule has 0 aliphatic heterocycles. The van der Waals surface area contributed by atoms with Gasteiger partial charge in [-0.15, -0.1) is 0 Å². The van der Waals surface area contributed by atoms with Crippen LogP contribution in [0.5, 0.6) is 0 Å². The van der Waals surface area contributed by atoms with Gasteiger partial charge in [-0.3, -0.25) is 10.1 Å². The van der Waals surface area contributed by atoms with Crippen molar-refractivity contribution in [1.82, 2.24) is 9.88 Å². The van der Waals surface area contributed by atoms with Gasteiger partial charge in [0.15, 0.2) is 0 Å². The molecule has 1 unspecified atom stereocenters. The lowest BCUT2D eigenvalue weighted by atomic mass is 10.1. The number of aromatic nitrogens is 1. The molecule has 21 heavy (non-hydrogen) atoms. The number of carboxylic acids is 1. The van der Waals surface area contributed by atoms with Gasteiger partial charge in [0, 0.05) is 19.3 Å². The van der Waals surface area contributed by atoms with E-state index in [0.29, 0.717) is 17.8 Å². The Bertz CT molecular complexity index is 684. The van der Waals surface area contributed by atoms with Crippen LogP contribution in [0.1, 0.15) is 28.6 Å². The molecule has 0 fully saturated rings. The van der Waals surface area contributed by atoms with Crippen molar-refractivity contribution >= 4 is 5.97 Å². The first-order chi connectivity index (χ1) is 10.0. The smallest absolute Gasteiger partial charge is 0.325 e. The largest absolute Gasteiger partial charge is 0.480 e. The molecule has 0 bridgehead atoms. The monoisotopic (exact) mass is 283 g/mol. The van der Waals surface area contributed by atoms with Gasteiger partial charge in [0.1, 0.15) is 17.8 Å². The van der Waals surface area contributed by atoms with E-state index in [2.05, 4.69) is 11.4 Å². The molecule has 5 heteroatoms. The van der Waals surface area contributed by atoms with Crippen LogP contribution < -0.4 is 5.32 Å². The molecule has 0 aliphatic rings. The normalized spacial score (nSPS) is 11.9. The molecule has 5 nitrogen and oxygen atoms in total. The van der Waals surface area contributed by atoms with E-state index in [9.17, 15) is 9.90 Å². The van der Waals surface area contributed by atoms with Crippen LogP contribution in [0, 0.1) is 18.3 Å². The number of benzene rings is 1.